The van der Waals surface area contributed by atoms with E-state index in [2.05, 4.69) is 4.98 Å². The highest BCUT2D eigenvalue weighted by Crippen LogP contribution is 2.22. The number of carbonyl (C=O) groups is 1. The number of carbonyl (C=O) groups excluding carboxylic acids is 1. The molecule has 1 aromatic rings. The fourth-order valence-electron chi connectivity index (χ4n) is 2.54. The van der Waals surface area contributed by atoms with Crippen LogP contribution in [-0.4, -0.2) is 46.8 Å². The minimum atomic E-state index is -0.470. The molecule has 0 spiro atoms. The molecule has 0 bridgehead atoms. The third-order valence-corrected chi connectivity index (χ3v) is 3.56. The van der Waals surface area contributed by atoms with E-state index in [-0.39, 0.29) is 12.0 Å². The van der Waals surface area contributed by atoms with Crippen LogP contribution in [0.4, 0.5) is 0 Å². The highest BCUT2D eigenvalue weighted by atomic mass is 16.5. The first-order valence-electron chi connectivity index (χ1n) is 6.44. The molecule has 0 aliphatic carbocycles. The van der Waals surface area contributed by atoms with E-state index >= 15 is 0 Å². The molecule has 2 rings (SSSR count). The van der Waals surface area contributed by atoms with Gasteiger partial charge in [-0.25, -0.2) is 0 Å². The third-order valence-electron chi connectivity index (χ3n) is 3.56. The monoisotopic (exact) mass is 264 g/mol. The maximum atomic E-state index is 11.7. The first-order valence-corrected chi connectivity index (χ1v) is 6.44. The van der Waals surface area contributed by atoms with E-state index < -0.39 is 6.10 Å². The van der Waals surface area contributed by atoms with Gasteiger partial charge in [-0.15, -0.1) is 0 Å². The van der Waals surface area contributed by atoms with Crippen molar-refractivity contribution in [3.63, 3.8) is 0 Å². The van der Waals surface area contributed by atoms with Gasteiger partial charge in [0.25, 0.3) is 0 Å². The Hall–Kier alpha value is -1.46. The van der Waals surface area contributed by atoms with E-state index in [0.29, 0.717) is 19.5 Å². The number of aromatic nitrogens is 1. The van der Waals surface area contributed by atoms with E-state index in [9.17, 15) is 9.90 Å². The van der Waals surface area contributed by atoms with Crippen LogP contribution < -0.4 is 0 Å². The molecule has 1 aromatic heterocycles. The number of aryl methyl sites for hydroxylation is 2. The molecule has 1 saturated heterocycles. The average Bonchev–Trinajstić information content (AvgIpc) is 2.73. The minimum Gasteiger partial charge on any atom is -0.468 e. The highest BCUT2D eigenvalue weighted by molar-refractivity contribution is 5.76. The van der Waals surface area contributed by atoms with Crippen LogP contribution in [0.2, 0.25) is 0 Å². The number of esters is 1. The van der Waals surface area contributed by atoms with E-state index in [0.717, 1.165) is 17.0 Å². The largest absolute Gasteiger partial charge is 0.468 e. The second-order valence-corrected chi connectivity index (χ2v) is 5.06. The highest BCUT2D eigenvalue weighted by Gasteiger charge is 2.36. The van der Waals surface area contributed by atoms with E-state index in [4.69, 9.17) is 4.74 Å². The van der Waals surface area contributed by atoms with Crippen LogP contribution in [0, 0.1) is 13.8 Å². The molecule has 2 atom stereocenters. The zero-order chi connectivity index (χ0) is 14.0. The molecule has 0 radical (unpaired) electrons. The summed E-state index contributed by atoms with van der Waals surface area (Å²) in [4.78, 5) is 18.1. The van der Waals surface area contributed by atoms with Crippen molar-refractivity contribution in [2.24, 2.45) is 0 Å². The number of β-amino-alcohol motifs (C(OH)–C–C–N with tert-alkyl or cyclic N) is 1. The van der Waals surface area contributed by atoms with E-state index in [1.807, 2.05) is 30.9 Å². The molecule has 5 nitrogen and oxygen atoms in total. The minimum absolute atomic E-state index is 0.283. The van der Waals surface area contributed by atoms with Crippen molar-refractivity contribution in [2.45, 2.75) is 39.0 Å². The number of likely N-dealkylation sites (tertiary alicyclic amines) is 1. The van der Waals surface area contributed by atoms with Crippen LogP contribution in [0.25, 0.3) is 0 Å². The molecule has 5 heteroatoms. The lowest BCUT2D eigenvalue weighted by Gasteiger charge is -2.22. The topological polar surface area (TPSA) is 62.7 Å². The van der Waals surface area contributed by atoms with Gasteiger partial charge >= 0.3 is 5.97 Å². The van der Waals surface area contributed by atoms with Gasteiger partial charge in [-0.1, -0.05) is 6.07 Å². The van der Waals surface area contributed by atoms with Crippen molar-refractivity contribution in [1.29, 1.82) is 0 Å². The van der Waals surface area contributed by atoms with Gasteiger partial charge in [-0.2, -0.15) is 0 Å². The maximum absolute atomic E-state index is 11.7. The number of hydrogen-bond donors (Lipinski definition) is 1. The predicted octanol–water partition coefficient (Wildman–Crippen LogP) is 0.807. The van der Waals surface area contributed by atoms with Crippen LogP contribution in [-0.2, 0) is 16.1 Å². The van der Waals surface area contributed by atoms with Gasteiger partial charge < -0.3 is 9.84 Å². The Kier molecular flexibility index (Phi) is 4.17. The van der Waals surface area contributed by atoms with E-state index in [1.165, 1.54) is 7.11 Å². The van der Waals surface area contributed by atoms with Gasteiger partial charge in [-0.05, 0) is 25.5 Å². The van der Waals surface area contributed by atoms with Crippen molar-refractivity contribution in [1.82, 2.24) is 9.88 Å². The van der Waals surface area contributed by atoms with Crippen molar-refractivity contribution < 1.29 is 14.6 Å². The summed E-state index contributed by atoms with van der Waals surface area (Å²) in [6, 6.07) is 3.62. The zero-order valence-electron chi connectivity index (χ0n) is 11.6. The number of nitrogens with zero attached hydrogens (tertiary/aromatic N) is 2. The number of ether oxygens (including phenoxy) is 1. The molecule has 0 saturated carbocycles. The molecular formula is C14H20N2O3. The molecule has 1 aliphatic rings. The van der Waals surface area contributed by atoms with Gasteiger partial charge in [0, 0.05) is 30.9 Å². The quantitative estimate of drug-likeness (QED) is 0.818. The van der Waals surface area contributed by atoms with Gasteiger partial charge in [0.1, 0.15) is 6.04 Å². The second-order valence-electron chi connectivity index (χ2n) is 5.06. The summed E-state index contributed by atoms with van der Waals surface area (Å²) >= 11 is 0. The Morgan fingerprint density at radius 2 is 2.26 bits per heavy atom. The zero-order valence-corrected chi connectivity index (χ0v) is 11.6. The van der Waals surface area contributed by atoms with Gasteiger partial charge in [0.05, 0.1) is 13.2 Å². The number of aliphatic hydroxyl groups is 1. The Balaban J connectivity index is 2.14. The number of aliphatic hydroxyl groups excluding tert-OH is 1. The Morgan fingerprint density at radius 3 is 2.89 bits per heavy atom. The normalized spacial score (nSPS) is 23.6. The van der Waals surface area contributed by atoms with Crippen molar-refractivity contribution in [2.75, 3.05) is 13.7 Å². The fraction of sp³-hybridized carbons (Fsp3) is 0.571. The van der Waals surface area contributed by atoms with Crippen LogP contribution in [0.1, 0.15) is 23.4 Å². The molecule has 19 heavy (non-hydrogen) atoms. The van der Waals surface area contributed by atoms with Gasteiger partial charge in [0.15, 0.2) is 0 Å². The summed E-state index contributed by atoms with van der Waals surface area (Å²) in [5, 5.41) is 9.74. The number of hydrogen-bond acceptors (Lipinski definition) is 5. The third kappa shape index (κ3) is 3.11. The molecule has 2 heterocycles. The maximum Gasteiger partial charge on any atom is 0.323 e. The van der Waals surface area contributed by atoms with Crippen LogP contribution in [0.15, 0.2) is 12.1 Å². The Morgan fingerprint density at radius 1 is 1.53 bits per heavy atom. The summed E-state index contributed by atoms with van der Waals surface area (Å²) in [5.74, 6) is -0.283. The van der Waals surface area contributed by atoms with Crippen molar-refractivity contribution in [3.8, 4) is 0 Å². The summed E-state index contributed by atoms with van der Waals surface area (Å²) in [7, 11) is 1.38. The number of pyridine rings is 1. The molecule has 0 unspecified atom stereocenters. The van der Waals surface area contributed by atoms with Crippen LogP contribution in [0.3, 0.4) is 0 Å². The molecule has 0 aromatic carbocycles. The van der Waals surface area contributed by atoms with Crippen molar-refractivity contribution >= 4 is 5.97 Å². The fourth-order valence-corrected chi connectivity index (χ4v) is 2.54. The molecule has 1 N–H and O–H groups in total. The van der Waals surface area contributed by atoms with E-state index in [1.54, 1.807) is 0 Å². The first kappa shape index (κ1) is 14.0. The Bertz CT molecular complexity index is 476. The van der Waals surface area contributed by atoms with Crippen LogP contribution in [0.5, 0.6) is 0 Å². The molecule has 1 aliphatic heterocycles. The summed E-state index contributed by atoms with van der Waals surface area (Å²) in [6.45, 7) is 5.01. The predicted molar refractivity (Wildman–Crippen MR) is 70.5 cm³/mol. The second kappa shape index (κ2) is 5.67. The lowest BCUT2D eigenvalue weighted by molar-refractivity contribution is -0.146. The molecular weight excluding hydrogens is 244 g/mol. The molecule has 0 amide bonds. The average molecular weight is 264 g/mol. The standard InChI is InChI=1S/C14H20N2O3/c1-9-4-5-11(10(2)15-9)7-16-8-12(17)6-13(16)14(18)19-3/h4-5,12-13,17H,6-8H2,1-3H3/t12-,13-/m1/s1. The lowest BCUT2D eigenvalue weighted by atomic mass is 10.1. The smallest absolute Gasteiger partial charge is 0.323 e. The molecule has 104 valence electrons. The summed E-state index contributed by atoms with van der Waals surface area (Å²) in [6.07, 6.45) is -0.0341. The number of methoxy groups -OCH3 is 1. The first-order chi connectivity index (χ1) is 9.01. The molecule has 1 fully saturated rings. The van der Waals surface area contributed by atoms with Gasteiger partial charge in [-0.3, -0.25) is 14.7 Å². The Labute approximate surface area is 113 Å². The lowest BCUT2D eigenvalue weighted by Crippen LogP contribution is -2.36. The summed E-state index contributed by atoms with van der Waals surface area (Å²) < 4.78 is 4.79. The SMILES string of the molecule is COC(=O)[C@H]1C[C@@H](O)CN1Cc1ccc(C)nc1C. The van der Waals surface area contributed by atoms with Crippen LogP contribution >= 0.6 is 0 Å². The van der Waals surface area contributed by atoms with Gasteiger partial charge in [0.2, 0.25) is 0 Å². The summed E-state index contributed by atoms with van der Waals surface area (Å²) in [5.41, 5.74) is 3.02. The number of rotatable bonds is 3. The van der Waals surface area contributed by atoms with Crippen molar-refractivity contribution in [3.05, 3.63) is 29.1 Å².